The summed E-state index contributed by atoms with van der Waals surface area (Å²) in [5.74, 6) is 0.0218. The lowest BCUT2D eigenvalue weighted by Crippen LogP contribution is -2.12. The van der Waals surface area contributed by atoms with Crippen molar-refractivity contribution in [1.29, 1.82) is 0 Å². The third kappa shape index (κ3) is 3.79. The van der Waals surface area contributed by atoms with Crippen LogP contribution in [0.2, 0.25) is 10.0 Å². The van der Waals surface area contributed by atoms with E-state index in [-0.39, 0.29) is 0 Å². The molecule has 5 nitrogen and oxygen atoms in total. The largest absolute Gasteiger partial charge is 0.366 e. The van der Waals surface area contributed by atoms with Crippen molar-refractivity contribution < 1.29 is 9.32 Å². The van der Waals surface area contributed by atoms with Crippen molar-refractivity contribution in [2.75, 3.05) is 0 Å². The molecule has 2 N–H and O–H groups in total. The third-order valence-electron chi connectivity index (χ3n) is 4.79. The number of aromatic nitrogens is 2. The number of rotatable bonds is 5. The van der Waals surface area contributed by atoms with Gasteiger partial charge in [0.15, 0.2) is 5.76 Å². The van der Waals surface area contributed by atoms with Crippen LogP contribution in [0, 0.1) is 6.92 Å². The molecule has 0 bridgehead atoms. The Kier molecular flexibility index (Phi) is 5.18. The zero-order valence-corrected chi connectivity index (χ0v) is 17.0. The second-order valence-corrected chi connectivity index (χ2v) is 7.51. The highest BCUT2D eigenvalue weighted by Gasteiger charge is 2.21. The van der Waals surface area contributed by atoms with E-state index in [0.717, 1.165) is 11.3 Å². The molecule has 2 aromatic heterocycles. The summed E-state index contributed by atoms with van der Waals surface area (Å²) in [6, 6.07) is 18.6. The number of hydrogen-bond donors (Lipinski definition) is 1. The molecule has 0 aliphatic rings. The fourth-order valence-corrected chi connectivity index (χ4v) is 3.79. The zero-order chi connectivity index (χ0) is 20.5. The minimum absolute atomic E-state index is 0.443. The maximum atomic E-state index is 11.9. The molecular formula is C22H17Cl2N3O2. The van der Waals surface area contributed by atoms with Gasteiger partial charge in [-0.2, -0.15) is 0 Å². The second kappa shape index (κ2) is 7.78. The van der Waals surface area contributed by atoms with Gasteiger partial charge in [-0.15, -0.1) is 0 Å². The van der Waals surface area contributed by atoms with Crippen molar-refractivity contribution >= 4 is 29.1 Å². The lowest BCUT2D eigenvalue weighted by Gasteiger charge is -2.10. The van der Waals surface area contributed by atoms with E-state index in [2.05, 4.69) is 5.16 Å². The number of carbonyl (C=O) groups is 1. The molecule has 2 aromatic carbocycles. The maximum Gasteiger partial charge on any atom is 0.250 e. The summed E-state index contributed by atoms with van der Waals surface area (Å²) in [5.41, 5.74) is 9.86. The van der Waals surface area contributed by atoms with E-state index in [9.17, 15) is 4.79 Å². The molecule has 146 valence electrons. The maximum absolute atomic E-state index is 11.9. The Bertz CT molecular complexity index is 1200. The van der Waals surface area contributed by atoms with E-state index in [0.29, 0.717) is 44.9 Å². The van der Waals surface area contributed by atoms with E-state index < -0.39 is 5.91 Å². The van der Waals surface area contributed by atoms with E-state index in [1.54, 1.807) is 30.3 Å². The van der Waals surface area contributed by atoms with Gasteiger partial charge in [0.05, 0.1) is 16.3 Å². The summed E-state index contributed by atoms with van der Waals surface area (Å²) in [6.45, 7) is 2.42. The van der Waals surface area contributed by atoms with Crippen LogP contribution in [0.5, 0.6) is 0 Å². The lowest BCUT2D eigenvalue weighted by atomic mass is 10.1. The summed E-state index contributed by atoms with van der Waals surface area (Å²) in [5, 5.41) is 5.17. The van der Waals surface area contributed by atoms with Crippen LogP contribution in [0.4, 0.5) is 0 Å². The number of benzene rings is 2. The first-order valence-corrected chi connectivity index (χ1v) is 9.66. The second-order valence-electron chi connectivity index (χ2n) is 6.67. The predicted octanol–water partition coefficient (Wildman–Crippen LogP) is 5.57. The Morgan fingerprint density at radius 2 is 1.86 bits per heavy atom. The van der Waals surface area contributed by atoms with Crippen LogP contribution in [0.1, 0.15) is 21.6 Å². The summed E-state index contributed by atoms with van der Waals surface area (Å²) in [4.78, 5) is 11.9. The molecule has 0 aliphatic carbocycles. The van der Waals surface area contributed by atoms with Gasteiger partial charge in [0.25, 0.3) is 5.91 Å². The Morgan fingerprint density at radius 1 is 1.10 bits per heavy atom. The van der Waals surface area contributed by atoms with Crippen molar-refractivity contribution in [2.45, 2.75) is 13.5 Å². The zero-order valence-electron chi connectivity index (χ0n) is 15.5. The normalized spacial score (nSPS) is 11.0. The average molecular weight is 426 g/mol. The van der Waals surface area contributed by atoms with E-state index in [4.69, 9.17) is 33.5 Å². The van der Waals surface area contributed by atoms with Crippen molar-refractivity contribution in [3.8, 4) is 22.7 Å². The fourth-order valence-electron chi connectivity index (χ4n) is 3.29. The molecular weight excluding hydrogens is 409 g/mol. The molecule has 0 atom stereocenters. The number of hydrogen-bond acceptors (Lipinski definition) is 3. The van der Waals surface area contributed by atoms with Crippen molar-refractivity contribution in [3.05, 3.63) is 87.5 Å². The van der Waals surface area contributed by atoms with E-state index in [1.165, 1.54) is 0 Å². The number of primary amides is 1. The summed E-state index contributed by atoms with van der Waals surface area (Å²) in [6.07, 6.45) is 0. The Labute approximate surface area is 177 Å². The van der Waals surface area contributed by atoms with E-state index >= 15 is 0 Å². The van der Waals surface area contributed by atoms with Crippen LogP contribution in [-0.2, 0) is 6.54 Å². The SMILES string of the molecule is Cc1c(C(N)=O)cc(-c2cc(-c3ccc(Cl)cc3Cl)no2)n1Cc1ccccc1. The van der Waals surface area contributed by atoms with Crippen molar-refractivity contribution in [2.24, 2.45) is 5.73 Å². The average Bonchev–Trinajstić information content (AvgIpc) is 3.28. The Hall–Kier alpha value is -3.02. The molecule has 0 saturated carbocycles. The molecule has 0 spiro atoms. The third-order valence-corrected chi connectivity index (χ3v) is 5.33. The van der Waals surface area contributed by atoms with Crippen molar-refractivity contribution in [3.63, 3.8) is 0 Å². The van der Waals surface area contributed by atoms with Crippen LogP contribution in [0.15, 0.2) is 65.2 Å². The molecule has 0 unspecified atom stereocenters. The predicted molar refractivity (Wildman–Crippen MR) is 114 cm³/mol. The molecule has 0 saturated heterocycles. The Balaban J connectivity index is 1.79. The van der Waals surface area contributed by atoms with Crippen LogP contribution >= 0.6 is 23.2 Å². The number of amides is 1. The first-order valence-electron chi connectivity index (χ1n) is 8.90. The standard InChI is InChI=1S/C22H17Cl2N3O2/c1-13-17(22(25)28)10-20(27(13)12-14-5-3-2-4-6-14)21-11-19(26-29-21)16-8-7-15(23)9-18(16)24/h2-11H,12H2,1H3,(H2,25,28). The molecule has 2 heterocycles. The van der Waals surface area contributed by atoms with Crippen molar-refractivity contribution in [1.82, 2.24) is 9.72 Å². The molecule has 4 aromatic rings. The highest BCUT2D eigenvalue weighted by molar-refractivity contribution is 6.36. The number of halogens is 2. The van der Waals surface area contributed by atoms with Gasteiger partial charge in [-0.25, -0.2) is 0 Å². The van der Waals surface area contributed by atoms with Gasteiger partial charge in [-0.05, 0) is 36.8 Å². The first kappa shape index (κ1) is 19.3. The minimum atomic E-state index is -0.490. The van der Waals surface area contributed by atoms with Gasteiger partial charge in [-0.3, -0.25) is 4.79 Å². The number of nitrogens with zero attached hydrogens (tertiary/aromatic N) is 2. The summed E-state index contributed by atoms with van der Waals surface area (Å²) < 4.78 is 7.59. The number of nitrogens with two attached hydrogens (primary N) is 1. The highest BCUT2D eigenvalue weighted by atomic mass is 35.5. The molecule has 0 radical (unpaired) electrons. The lowest BCUT2D eigenvalue weighted by molar-refractivity contribution is 0.0999. The smallest absolute Gasteiger partial charge is 0.250 e. The summed E-state index contributed by atoms with van der Waals surface area (Å²) in [7, 11) is 0. The molecule has 29 heavy (non-hydrogen) atoms. The molecule has 0 aliphatic heterocycles. The monoisotopic (exact) mass is 425 g/mol. The van der Waals surface area contributed by atoms with Gasteiger partial charge < -0.3 is 14.8 Å². The summed E-state index contributed by atoms with van der Waals surface area (Å²) >= 11 is 12.3. The van der Waals surface area contributed by atoms with Crippen LogP contribution in [0.3, 0.4) is 0 Å². The van der Waals surface area contributed by atoms with Gasteiger partial charge in [0.2, 0.25) is 0 Å². The molecule has 0 fully saturated rings. The highest BCUT2D eigenvalue weighted by Crippen LogP contribution is 2.34. The van der Waals surface area contributed by atoms with Gasteiger partial charge >= 0.3 is 0 Å². The topological polar surface area (TPSA) is 74.1 Å². The molecule has 1 amide bonds. The van der Waals surface area contributed by atoms with Gasteiger partial charge in [0.1, 0.15) is 5.69 Å². The number of carbonyl (C=O) groups excluding carboxylic acids is 1. The fraction of sp³-hybridized carbons (Fsp3) is 0.0909. The van der Waals surface area contributed by atoms with Crippen LogP contribution in [0.25, 0.3) is 22.7 Å². The van der Waals surface area contributed by atoms with E-state index in [1.807, 2.05) is 41.8 Å². The first-order chi connectivity index (χ1) is 13.9. The van der Waals surface area contributed by atoms with Crippen LogP contribution < -0.4 is 5.73 Å². The van der Waals surface area contributed by atoms with Gasteiger partial charge in [-0.1, -0.05) is 58.7 Å². The van der Waals surface area contributed by atoms with Gasteiger partial charge in [0, 0.05) is 28.9 Å². The van der Waals surface area contributed by atoms with Crippen LogP contribution in [-0.4, -0.2) is 15.6 Å². The quantitative estimate of drug-likeness (QED) is 0.453. The minimum Gasteiger partial charge on any atom is -0.366 e. The Morgan fingerprint density at radius 3 is 2.55 bits per heavy atom. The molecule has 7 heteroatoms. The molecule has 4 rings (SSSR count).